The molecule has 1 heterocycles. The number of anilines is 1. The Morgan fingerprint density at radius 2 is 1.75 bits per heavy atom. The van der Waals surface area contributed by atoms with Crippen LogP contribution in [0.4, 0.5) is 5.69 Å². The minimum absolute atomic E-state index is 0.278. The molecular formula is C14H10Br3NO2. The van der Waals surface area contributed by atoms with E-state index < -0.39 is 0 Å². The van der Waals surface area contributed by atoms with Gasteiger partial charge in [-0.15, -0.1) is 0 Å². The van der Waals surface area contributed by atoms with Gasteiger partial charge >= 0.3 is 0 Å². The molecular weight excluding hydrogens is 454 g/mol. The molecule has 2 aromatic rings. The van der Waals surface area contributed by atoms with Crippen molar-refractivity contribution in [3.8, 4) is 11.5 Å². The van der Waals surface area contributed by atoms with Gasteiger partial charge < -0.3 is 14.8 Å². The van der Waals surface area contributed by atoms with E-state index in [0.717, 1.165) is 36.2 Å². The second-order valence-electron chi connectivity index (χ2n) is 4.26. The topological polar surface area (TPSA) is 30.5 Å². The van der Waals surface area contributed by atoms with Gasteiger partial charge in [0.05, 0.1) is 10.2 Å². The molecule has 0 bridgehead atoms. The summed E-state index contributed by atoms with van der Waals surface area (Å²) in [6.45, 7) is 0.969. The normalized spacial score (nSPS) is 12.6. The van der Waals surface area contributed by atoms with E-state index in [9.17, 15) is 0 Å². The molecule has 3 nitrogen and oxygen atoms in total. The molecule has 0 aliphatic carbocycles. The van der Waals surface area contributed by atoms with Crippen LogP contribution >= 0.6 is 47.8 Å². The zero-order valence-corrected chi connectivity index (χ0v) is 15.0. The van der Waals surface area contributed by atoms with Crippen molar-refractivity contribution in [1.82, 2.24) is 0 Å². The maximum Gasteiger partial charge on any atom is 0.231 e. The Morgan fingerprint density at radius 3 is 2.50 bits per heavy atom. The molecule has 0 fully saturated rings. The highest BCUT2D eigenvalue weighted by Crippen LogP contribution is 2.40. The average Bonchev–Trinajstić information content (AvgIpc) is 2.87. The Balaban J connectivity index is 1.81. The van der Waals surface area contributed by atoms with Crippen molar-refractivity contribution in [2.75, 3.05) is 12.1 Å². The Morgan fingerprint density at radius 1 is 1.00 bits per heavy atom. The molecule has 1 aliphatic heterocycles. The summed E-state index contributed by atoms with van der Waals surface area (Å²) in [7, 11) is 0. The lowest BCUT2D eigenvalue weighted by Crippen LogP contribution is -2.01. The molecule has 0 spiro atoms. The first-order valence-electron chi connectivity index (χ1n) is 5.91. The number of nitrogens with one attached hydrogen (secondary N) is 1. The number of fused-ring (bicyclic) bond motifs is 1. The number of benzene rings is 2. The first-order valence-corrected chi connectivity index (χ1v) is 8.29. The molecule has 0 saturated carbocycles. The third-order valence-corrected chi connectivity index (χ3v) is 4.83. The summed E-state index contributed by atoms with van der Waals surface area (Å²) in [5.41, 5.74) is 2.14. The van der Waals surface area contributed by atoms with E-state index in [0.29, 0.717) is 6.54 Å². The van der Waals surface area contributed by atoms with E-state index in [1.807, 2.05) is 30.3 Å². The number of para-hydroxylation sites is 1. The van der Waals surface area contributed by atoms with E-state index in [1.54, 1.807) is 0 Å². The Hall–Kier alpha value is -0.720. The Kier molecular flexibility index (Phi) is 4.23. The van der Waals surface area contributed by atoms with Gasteiger partial charge in [0.2, 0.25) is 6.79 Å². The van der Waals surface area contributed by atoms with Crippen LogP contribution in [-0.4, -0.2) is 6.79 Å². The largest absolute Gasteiger partial charge is 0.454 e. The van der Waals surface area contributed by atoms with Crippen LogP contribution in [0.25, 0.3) is 0 Å². The number of halogens is 3. The summed E-state index contributed by atoms with van der Waals surface area (Å²) in [6.07, 6.45) is 0. The van der Waals surface area contributed by atoms with Gasteiger partial charge in [-0.05, 0) is 77.6 Å². The molecule has 0 radical (unpaired) electrons. The van der Waals surface area contributed by atoms with Crippen molar-refractivity contribution in [1.29, 1.82) is 0 Å². The maximum atomic E-state index is 5.42. The number of rotatable bonds is 3. The van der Waals surface area contributed by atoms with Crippen LogP contribution < -0.4 is 14.8 Å². The molecule has 6 heteroatoms. The minimum atomic E-state index is 0.278. The average molecular weight is 464 g/mol. The minimum Gasteiger partial charge on any atom is -0.454 e. The fourth-order valence-corrected chi connectivity index (χ4v) is 3.86. The van der Waals surface area contributed by atoms with Gasteiger partial charge in [0.1, 0.15) is 0 Å². The van der Waals surface area contributed by atoms with Crippen LogP contribution in [0.3, 0.4) is 0 Å². The molecule has 0 unspecified atom stereocenters. The quantitative estimate of drug-likeness (QED) is 0.668. The van der Waals surface area contributed by atoms with Crippen molar-refractivity contribution in [3.63, 3.8) is 0 Å². The fourth-order valence-electron chi connectivity index (χ4n) is 1.98. The second kappa shape index (κ2) is 5.95. The SMILES string of the molecule is Brc1cccc(Br)c1NCc1cc(Br)c2c(c1)OCO2. The number of hydrogen-bond donors (Lipinski definition) is 1. The van der Waals surface area contributed by atoms with Crippen molar-refractivity contribution < 1.29 is 9.47 Å². The van der Waals surface area contributed by atoms with Gasteiger partial charge in [-0.1, -0.05) is 6.07 Å². The van der Waals surface area contributed by atoms with Gasteiger partial charge in [-0.3, -0.25) is 0 Å². The molecule has 1 N–H and O–H groups in total. The third kappa shape index (κ3) is 2.82. The van der Waals surface area contributed by atoms with Crippen molar-refractivity contribution in [2.45, 2.75) is 6.54 Å². The predicted octanol–water partition coefficient (Wildman–Crippen LogP) is 5.31. The molecule has 0 atom stereocenters. The summed E-state index contributed by atoms with van der Waals surface area (Å²) >= 11 is 10.6. The maximum absolute atomic E-state index is 5.42. The first kappa shape index (κ1) is 14.2. The van der Waals surface area contributed by atoms with E-state index >= 15 is 0 Å². The van der Waals surface area contributed by atoms with Crippen molar-refractivity contribution >= 4 is 53.5 Å². The van der Waals surface area contributed by atoms with E-state index in [4.69, 9.17) is 9.47 Å². The van der Waals surface area contributed by atoms with E-state index in [1.165, 1.54) is 0 Å². The highest BCUT2D eigenvalue weighted by Gasteiger charge is 2.18. The second-order valence-corrected chi connectivity index (χ2v) is 6.82. The van der Waals surface area contributed by atoms with Crippen molar-refractivity contribution in [3.05, 3.63) is 49.3 Å². The zero-order chi connectivity index (χ0) is 14.1. The zero-order valence-electron chi connectivity index (χ0n) is 10.3. The van der Waals surface area contributed by atoms with Gasteiger partial charge in [0, 0.05) is 15.5 Å². The summed E-state index contributed by atoms with van der Waals surface area (Å²) in [4.78, 5) is 0. The highest BCUT2D eigenvalue weighted by molar-refractivity contribution is 9.11. The summed E-state index contributed by atoms with van der Waals surface area (Å²) < 4.78 is 13.8. The van der Waals surface area contributed by atoms with Crippen LogP contribution in [0, 0.1) is 0 Å². The third-order valence-electron chi connectivity index (χ3n) is 2.92. The molecule has 20 heavy (non-hydrogen) atoms. The highest BCUT2D eigenvalue weighted by atomic mass is 79.9. The number of hydrogen-bond acceptors (Lipinski definition) is 3. The van der Waals surface area contributed by atoms with Gasteiger partial charge in [0.15, 0.2) is 11.5 Å². The van der Waals surface area contributed by atoms with Crippen LogP contribution in [0.5, 0.6) is 11.5 Å². The van der Waals surface area contributed by atoms with Crippen LogP contribution in [0.1, 0.15) is 5.56 Å². The van der Waals surface area contributed by atoms with Gasteiger partial charge in [-0.2, -0.15) is 0 Å². The summed E-state index contributed by atoms with van der Waals surface area (Å²) in [5, 5.41) is 3.40. The van der Waals surface area contributed by atoms with Crippen molar-refractivity contribution in [2.24, 2.45) is 0 Å². The molecule has 0 saturated heterocycles. The Bertz CT molecular complexity index is 641. The molecule has 1 aliphatic rings. The van der Waals surface area contributed by atoms with Crippen LogP contribution in [0.2, 0.25) is 0 Å². The van der Waals surface area contributed by atoms with Gasteiger partial charge in [0.25, 0.3) is 0 Å². The smallest absolute Gasteiger partial charge is 0.231 e. The monoisotopic (exact) mass is 461 g/mol. The molecule has 0 amide bonds. The van der Waals surface area contributed by atoms with Crippen LogP contribution in [-0.2, 0) is 6.54 Å². The van der Waals surface area contributed by atoms with Crippen LogP contribution in [0.15, 0.2) is 43.7 Å². The van der Waals surface area contributed by atoms with E-state index in [2.05, 4.69) is 53.1 Å². The lowest BCUT2D eigenvalue weighted by Gasteiger charge is -2.11. The summed E-state index contributed by atoms with van der Waals surface area (Å²) in [6, 6.07) is 10.0. The summed E-state index contributed by atoms with van der Waals surface area (Å²) in [5.74, 6) is 1.55. The standard InChI is InChI=1S/C14H10Br3NO2/c15-9-2-1-3-10(16)13(9)18-6-8-4-11(17)14-12(5-8)19-7-20-14/h1-5,18H,6-7H2. The predicted molar refractivity (Wildman–Crippen MR) is 89.4 cm³/mol. The number of ether oxygens (including phenoxy) is 2. The molecule has 0 aromatic heterocycles. The lowest BCUT2D eigenvalue weighted by molar-refractivity contribution is 0.173. The molecule has 2 aromatic carbocycles. The molecule has 104 valence electrons. The van der Waals surface area contributed by atoms with Gasteiger partial charge in [-0.25, -0.2) is 0 Å². The lowest BCUT2D eigenvalue weighted by atomic mass is 10.2. The fraction of sp³-hybridized carbons (Fsp3) is 0.143. The van der Waals surface area contributed by atoms with E-state index in [-0.39, 0.29) is 6.79 Å². The first-order chi connectivity index (χ1) is 9.65. The Labute approximate surface area is 142 Å². The molecule has 3 rings (SSSR count).